The van der Waals surface area contributed by atoms with Gasteiger partial charge >= 0.3 is 0 Å². The molecule has 0 aliphatic heterocycles. The van der Waals surface area contributed by atoms with Crippen molar-refractivity contribution in [3.8, 4) is 0 Å². The van der Waals surface area contributed by atoms with Crippen molar-refractivity contribution >= 4 is 11.5 Å². The third-order valence-corrected chi connectivity index (χ3v) is 4.09. The highest BCUT2D eigenvalue weighted by molar-refractivity contribution is 5.96. The molecule has 0 spiro atoms. The summed E-state index contributed by atoms with van der Waals surface area (Å²) in [5.41, 5.74) is 3.01. The smallest absolute Gasteiger partial charge is 0.244 e. The Morgan fingerprint density at radius 2 is 2.05 bits per heavy atom. The second-order valence-corrected chi connectivity index (χ2v) is 5.46. The van der Waals surface area contributed by atoms with Gasteiger partial charge in [0.2, 0.25) is 5.91 Å². The van der Waals surface area contributed by atoms with E-state index >= 15 is 0 Å². The van der Waals surface area contributed by atoms with Crippen LogP contribution in [-0.2, 0) is 11.2 Å². The number of rotatable bonds is 2. The van der Waals surface area contributed by atoms with E-state index in [2.05, 4.69) is 5.32 Å². The summed E-state index contributed by atoms with van der Waals surface area (Å²) in [5, 5.41) is 3.04. The summed E-state index contributed by atoms with van der Waals surface area (Å²) in [5.74, 6) is -0.262. The van der Waals surface area contributed by atoms with Crippen molar-refractivity contribution < 1.29 is 9.18 Å². The van der Waals surface area contributed by atoms with Crippen LogP contribution in [-0.4, -0.2) is 11.9 Å². The molecule has 0 radical (unpaired) electrons. The summed E-state index contributed by atoms with van der Waals surface area (Å²) in [6.07, 6.45) is 7.96. The van der Waals surface area contributed by atoms with Crippen molar-refractivity contribution in [2.45, 2.75) is 44.6 Å². The van der Waals surface area contributed by atoms with E-state index in [1.54, 1.807) is 6.08 Å². The molecular weight excluding hydrogens is 241 g/mol. The van der Waals surface area contributed by atoms with Gasteiger partial charge in [0.1, 0.15) is 5.82 Å². The lowest BCUT2D eigenvalue weighted by Crippen LogP contribution is -2.31. The number of nitrogens with one attached hydrogen (secondary N) is 1. The first-order valence-electron chi connectivity index (χ1n) is 7.02. The van der Waals surface area contributed by atoms with Gasteiger partial charge in [-0.3, -0.25) is 4.79 Å². The number of hydrogen-bond donors (Lipinski definition) is 1. The summed E-state index contributed by atoms with van der Waals surface area (Å²) in [4.78, 5) is 12.0. The predicted molar refractivity (Wildman–Crippen MR) is 73.1 cm³/mol. The van der Waals surface area contributed by atoms with Gasteiger partial charge in [0.15, 0.2) is 0 Å². The van der Waals surface area contributed by atoms with Crippen LogP contribution in [0.5, 0.6) is 0 Å². The molecule has 3 heteroatoms. The molecule has 1 aromatic rings. The second-order valence-electron chi connectivity index (χ2n) is 5.46. The minimum atomic E-state index is -0.234. The van der Waals surface area contributed by atoms with Gasteiger partial charge in [-0.15, -0.1) is 0 Å². The van der Waals surface area contributed by atoms with Crippen molar-refractivity contribution in [1.82, 2.24) is 5.32 Å². The van der Waals surface area contributed by atoms with Crippen LogP contribution in [0, 0.1) is 5.82 Å². The first-order valence-corrected chi connectivity index (χ1v) is 7.02. The van der Waals surface area contributed by atoms with Gasteiger partial charge in [0.25, 0.3) is 0 Å². The van der Waals surface area contributed by atoms with E-state index in [4.69, 9.17) is 0 Å². The number of carbonyl (C=O) groups excluding carboxylic acids is 1. The van der Waals surface area contributed by atoms with E-state index in [-0.39, 0.29) is 11.7 Å². The van der Waals surface area contributed by atoms with E-state index in [9.17, 15) is 9.18 Å². The molecule has 2 aliphatic carbocycles. The molecule has 1 N–H and O–H groups in total. The summed E-state index contributed by atoms with van der Waals surface area (Å²) in [6, 6.07) is 5.18. The van der Waals surface area contributed by atoms with E-state index in [1.807, 2.05) is 6.07 Å². The Balaban J connectivity index is 1.74. The third-order valence-electron chi connectivity index (χ3n) is 4.09. The molecule has 2 nitrogen and oxygen atoms in total. The summed E-state index contributed by atoms with van der Waals surface area (Å²) < 4.78 is 13.3. The maximum Gasteiger partial charge on any atom is 0.244 e. The fraction of sp³-hybridized carbons (Fsp3) is 0.438. The molecule has 0 atom stereocenters. The van der Waals surface area contributed by atoms with Crippen molar-refractivity contribution in [2.24, 2.45) is 0 Å². The number of amides is 1. The van der Waals surface area contributed by atoms with Gasteiger partial charge in [-0.05, 0) is 54.5 Å². The highest BCUT2D eigenvalue weighted by atomic mass is 19.1. The van der Waals surface area contributed by atoms with Crippen LogP contribution in [0.25, 0.3) is 5.57 Å². The molecule has 1 saturated carbocycles. The topological polar surface area (TPSA) is 29.1 Å². The molecule has 0 heterocycles. The van der Waals surface area contributed by atoms with Crippen LogP contribution in [0.1, 0.15) is 43.2 Å². The van der Waals surface area contributed by atoms with Crippen molar-refractivity contribution in [2.75, 3.05) is 0 Å². The molecule has 3 rings (SSSR count). The average Bonchev–Trinajstić information content (AvgIpc) is 3.00. The van der Waals surface area contributed by atoms with Gasteiger partial charge < -0.3 is 5.32 Å². The average molecular weight is 259 g/mol. The Bertz CT molecular complexity index is 530. The van der Waals surface area contributed by atoms with Crippen molar-refractivity contribution in [3.05, 3.63) is 41.2 Å². The Hall–Kier alpha value is -1.64. The van der Waals surface area contributed by atoms with Crippen LogP contribution in [0.3, 0.4) is 0 Å². The summed E-state index contributed by atoms with van der Waals surface area (Å²) in [6.45, 7) is 0. The number of allylic oxidation sites excluding steroid dienone is 1. The number of hydrogen-bond acceptors (Lipinski definition) is 1. The Morgan fingerprint density at radius 1 is 1.26 bits per heavy atom. The molecule has 0 bridgehead atoms. The zero-order valence-corrected chi connectivity index (χ0v) is 10.9. The molecule has 1 aromatic carbocycles. The van der Waals surface area contributed by atoms with Gasteiger partial charge in [-0.2, -0.15) is 0 Å². The Kier molecular flexibility index (Phi) is 3.36. The lowest BCUT2D eigenvalue weighted by Gasteiger charge is -2.10. The molecule has 19 heavy (non-hydrogen) atoms. The largest absolute Gasteiger partial charge is 0.350 e. The fourth-order valence-corrected chi connectivity index (χ4v) is 3.09. The molecule has 0 aromatic heterocycles. The number of benzene rings is 1. The van der Waals surface area contributed by atoms with Gasteiger partial charge in [-0.25, -0.2) is 4.39 Å². The first-order chi connectivity index (χ1) is 9.22. The maximum absolute atomic E-state index is 13.3. The van der Waals surface area contributed by atoms with Gasteiger partial charge in [0.05, 0.1) is 0 Å². The van der Waals surface area contributed by atoms with Crippen LogP contribution in [0.2, 0.25) is 0 Å². The second kappa shape index (κ2) is 5.16. The minimum absolute atomic E-state index is 0.0287. The number of carbonyl (C=O) groups is 1. The van der Waals surface area contributed by atoms with E-state index in [0.29, 0.717) is 6.04 Å². The summed E-state index contributed by atoms with van der Waals surface area (Å²) >= 11 is 0. The Morgan fingerprint density at radius 3 is 2.84 bits per heavy atom. The predicted octanol–water partition coefficient (Wildman–Crippen LogP) is 3.21. The van der Waals surface area contributed by atoms with E-state index in [0.717, 1.165) is 42.4 Å². The zero-order valence-electron chi connectivity index (χ0n) is 10.9. The summed E-state index contributed by atoms with van der Waals surface area (Å²) in [7, 11) is 0. The quantitative estimate of drug-likeness (QED) is 0.812. The van der Waals surface area contributed by atoms with E-state index in [1.165, 1.54) is 25.0 Å². The maximum atomic E-state index is 13.3. The molecule has 1 amide bonds. The molecule has 2 aliphatic rings. The monoisotopic (exact) mass is 259 g/mol. The molecule has 0 unspecified atom stereocenters. The highest BCUT2D eigenvalue weighted by Crippen LogP contribution is 2.32. The number of halogens is 1. The number of aryl methyl sites for hydroxylation is 1. The minimum Gasteiger partial charge on any atom is -0.350 e. The van der Waals surface area contributed by atoms with Crippen LogP contribution < -0.4 is 5.32 Å². The van der Waals surface area contributed by atoms with E-state index < -0.39 is 0 Å². The Labute approximate surface area is 112 Å². The standard InChI is InChI=1S/C16H18FNO/c17-13-8-7-11-5-6-12(15(11)10-13)9-16(19)18-14-3-1-2-4-14/h7-10,14H,1-6H2,(H,18,19)/b12-9+. The highest BCUT2D eigenvalue weighted by Gasteiger charge is 2.20. The van der Waals surface area contributed by atoms with Crippen molar-refractivity contribution in [3.63, 3.8) is 0 Å². The lowest BCUT2D eigenvalue weighted by molar-refractivity contribution is -0.117. The van der Waals surface area contributed by atoms with Crippen LogP contribution >= 0.6 is 0 Å². The first kappa shape index (κ1) is 12.4. The molecular formula is C16H18FNO. The van der Waals surface area contributed by atoms with Crippen LogP contribution in [0.4, 0.5) is 4.39 Å². The molecule has 100 valence electrons. The molecule has 0 saturated heterocycles. The lowest BCUT2D eigenvalue weighted by atomic mass is 10.1. The molecule has 1 fully saturated rings. The van der Waals surface area contributed by atoms with Crippen LogP contribution in [0.15, 0.2) is 24.3 Å². The SMILES string of the molecule is O=C(/C=C1\CCc2ccc(F)cc21)NC1CCCC1. The normalized spacial score (nSPS) is 20.8. The fourth-order valence-electron chi connectivity index (χ4n) is 3.09. The van der Waals surface area contributed by atoms with Crippen molar-refractivity contribution in [1.29, 1.82) is 0 Å². The van der Waals surface area contributed by atoms with Gasteiger partial charge in [0, 0.05) is 12.1 Å². The van der Waals surface area contributed by atoms with Gasteiger partial charge in [-0.1, -0.05) is 18.9 Å². The third kappa shape index (κ3) is 2.70. The number of fused-ring (bicyclic) bond motifs is 1. The zero-order chi connectivity index (χ0) is 13.2.